The van der Waals surface area contributed by atoms with Gasteiger partial charge >= 0.3 is 0 Å². The number of aryl methyl sites for hydroxylation is 3. The smallest absolute Gasteiger partial charge is 0.255 e. The Labute approximate surface area is 404 Å². The minimum absolute atomic E-state index is 0.00306. The number of nitrogens with one attached hydrogen (secondary N) is 4. The molecule has 1 aliphatic rings. The second-order valence-electron chi connectivity index (χ2n) is 17.1. The van der Waals surface area contributed by atoms with E-state index in [0.29, 0.717) is 51.0 Å². The Morgan fingerprint density at radius 1 is 0.855 bits per heavy atom. The average Bonchev–Trinajstić information content (AvgIpc) is 3.33. The first-order valence-electron chi connectivity index (χ1n) is 23.7. The lowest BCUT2D eigenvalue weighted by Crippen LogP contribution is -2.56. The van der Waals surface area contributed by atoms with E-state index in [2.05, 4.69) is 40.3 Å². The molecule has 0 saturated heterocycles. The molecular formula is C51H67N11O7. The molecule has 18 nitrogen and oxygen atoms in total. The van der Waals surface area contributed by atoms with Crippen molar-refractivity contribution in [2.24, 2.45) is 17.2 Å². The van der Waals surface area contributed by atoms with Crippen LogP contribution < -0.4 is 47.9 Å². The standard InChI is InChI=1S/C51H67N11O7/c1-6-7-8-9-10-11-34-12-15-36(16-13-34)46-57-31(2)44(32(3)58-46)49(65)60-40(20-21-52)51(67)62(5)45-37-17-19-43(69-27-24-55)39(30-37)38-28-35(14-18-42(38)68-26-23-54)29-41(48(64)56-25-22-53)61-47(63)33(4)59-50(45)66/h12-19,28,30,33,40-41,45H,6-11,20-21,23-27,29,52,54-55H2,1-5H3,(H,56,64)(H,59,66)(H,60,65)(H,61,63). The number of rotatable bonds is 21. The Bertz CT molecular complexity index is 2450. The van der Waals surface area contributed by atoms with E-state index in [1.165, 1.54) is 50.1 Å². The van der Waals surface area contributed by atoms with Gasteiger partial charge in [0.2, 0.25) is 23.6 Å². The normalized spacial score (nSPS) is 16.2. The first-order chi connectivity index (χ1) is 33.2. The van der Waals surface area contributed by atoms with Crippen LogP contribution in [-0.4, -0.2) is 109 Å². The van der Waals surface area contributed by atoms with Crippen LogP contribution in [0.5, 0.6) is 11.5 Å². The third-order valence-corrected chi connectivity index (χ3v) is 11.9. The largest absolute Gasteiger partial charge is 0.492 e. The molecule has 4 atom stereocenters. The van der Waals surface area contributed by atoms with Gasteiger partial charge in [-0.05, 0) is 87.5 Å². The Morgan fingerprint density at radius 3 is 2.12 bits per heavy atom. The van der Waals surface area contributed by atoms with Crippen LogP contribution in [0.3, 0.4) is 0 Å². The summed E-state index contributed by atoms with van der Waals surface area (Å²) in [7, 11) is 1.42. The molecule has 4 bridgehead atoms. The highest BCUT2D eigenvalue weighted by Crippen LogP contribution is 2.40. The number of unbranched alkanes of at least 4 members (excludes halogenated alkanes) is 4. The number of benzene rings is 3. The molecule has 4 unspecified atom stereocenters. The molecule has 1 aliphatic heterocycles. The maximum Gasteiger partial charge on any atom is 0.255 e. The summed E-state index contributed by atoms with van der Waals surface area (Å²) in [5.74, 6) is -2.08. The summed E-state index contributed by atoms with van der Waals surface area (Å²) in [6.07, 6.45) is 7.01. The van der Waals surface area contributed by atoms with Gasteiger partial charge in [0.25, 0.3) is 5.91 Å². The fraction of sp³-hybridized carbons (Fsp3) is 0.451. The summed E-state index contributed by atoms with van der Waals surface area (Å²) in [6, 6.07) is 15.2. The lowest BCUT2D eigenvalue weighted by atomic mass is 9.93. The van der Waals surface area contributed by atoms with Gasteiger partial charge in [0, 0.05) is 43.2 Å². The third-order valence-electron chi connectivity index (χ3n) is 11.9. The maximum absolute atomic E-state index is 14.8. The van der Waals surface area contributed by atoms with Gasteiger partial charge in [-0.25, -0.2) is 9.97 Å². The van der Waals surface area contributed by atoms with Gasteiger partial charge in [0.15, 0.2) is 5.82 Å². The average molecular weight is 946 g/mol. The van der Waals surface area contributed by atoms with Crippen molar-refractivity contribution in [3.05, 3.63) is 94.3 Å². The first-order valence-corrected chi connectivity index (χ1v) is 23.7. The minimum Gasteiger partial charge on any atom is -0.492 e. The monoisotopic (exact) mass is 946 g/mol. The van der Waals surface area contributed by atoms with E-state index >= 15 is 0 Å². The van der Waals surface area contributed by atoms with Crippen molar-refractivity contribution < 1.29 is 33.4 Å². The summed E-state index contributed by atoms with van der Waals surface area (Å²) < 4.78 is 12.2. The highest BCUT2D eigenvalue weighted by atomic mass is 16.5. The molecule has 3 aromatic carbocycles. The Morgan fingerprint density at radius 2 is 1.49 bits per heavy atom. The minimum atomic E-state index is -1.40. The molecule has 0 radical (unpaired) electrons. The van der Waals surface area contributed by atoms with Gasteiger partial charge in [-0.3, -0.25) is 24.0 Å². The molecule has 2 heterocycles. The van der Waals surface area contributed by atoms with E-state index < -0.39 is 53.7 Å². The van der Waals surface area contributed by atoms with Crippen molar-refractivity contribution in [1.82, 2.24) is 36.1 Å². The molecule has 368 valence electrons. The number of fused-ring (bicyclic) bond motifs is 5. The number of carbonyl (C=O) groups is 5. The van der Waals surface area contributed by atoms with Crippen LogP contribution in [0, 0.1) is 25.2 Å². The molecule has 10 N–H and O–H groups in total. The van der Waals surface area contributed by atoms with E-state index in [9.17, 15) is 29.2 Å². The van der Waals surface area contributed by atoms with Crippen molar-refractivity contribution >= 4 is 29.5 Å². The predicted octanol–water partition coefficient (Wildman–Crippen LogP) is 3.45. The second-order valence-corrected chi connectivity index (χ2v) is 17.1. The van der Waals surface area contributed by atoms with Crippen molar-refractivity contribution in [2.75, 3.05) is 46.4 Å². The number of nitrogens with zero attached hydrogens (tertiary/aromatic N) is 4. The van der Waals surface area contributed by atoms with Crippen LogP contribution in [0.2, 0.25) is 0 Å². The fourth-order valence-electron chi connectivity index (χ4n) is 8.29. The van der Waals surface area contributed by atoms with Gasteiger partial charge in [0.05, 0.1) is 23.0 Å². The predicted molar refractivity (Wildman–Crippen MR) is 263 cm³/mol. The summed E-state index contributed by atoms with van der Waals surface area (Å²) in [6.45, 7) is 7.44. The molecule has 0 spiro atoms. The zero-order valence-electron chi connectivity index (χ0n) is 40.4. The van der Waals surface area contributed by atoms with Crippen LogP contribution in [0.4, 0.5) is 0 Å². The summed E-state index contributed by atoms with van der Waals surface area (Å²) in [5, 5.41) is 20.0. The van der Waals surface area contributed by atoms with Crippen LogP contribution in [0.15, 0.2) is 60.7 Å². The Balaban J connectivity index is 1.51. The van der Waals surface area contributed by atoms with Crippen LogP contribution in [-0.2, 0) is 32.0 Å². The van der Waals surface area contributed by atoms with E-state index in [1.54, 1.807) is 50.2 Å². The number of ether oxygens (including phenoxy) is 2. The molecule has 69 heavy (non-hydrogen) atoms. The van der Waals surface area contributed by atoms with E-state index in [0.717, 1.165) is 18.4 Å². The van der Waals surface area contributed by atoms with Gasteiger partial charge < -0.3 is 52.8 Å². The Hall–Kier alpha value is -6.94. The second kappa shape index (κ2) is 26.0. The first kappa shape index (κ1) is 53.0. The van der Waals surface area contributed by atoms with Crippen molar-refractivity contribution in [3.8, 4) is 40.1 Å². The molecule has 4 aromatic rings. The highest BCUT2D eigenvalue weighted by molar-refractivity contribution is 6.00. The van der Waals surface area contributed by atoms with E-state index in [-0.39, 0.29) is 57.8 Å². The summed E-state index contributed by atoms with van der Waals surface area (Å²) in [5.41, 5.74) is 22.7. The van der Waals surface area contributed by atoms with Crippen LogP contribution in [0.1, 0.15) is 96.9 Å². The molecule has 0 fully saturated rings. The topological polar surface area (TPSA) is 283 Å². The third kappa shape index (κ3) is 14.1. The quantitative estimate of drug-likeness (QED) is 0.0466. The van der Waals surface area contributed by atoms with E-state index in [1.807, 2.05) is 18.2 Å². The number of amides is 5. The van der Waals surface area contributed by atoms with Crippen LogP contribution >= 0.6 is 0 Å². The lowest BCUT2D eigenvalue weighted by Gasteiger charge is -2.32. The van der Waals surface area contributed by atoms with Gasteiger partial charge in [-0.2, -0.15) is 5.26 Å². The number of hydrogen-bond acceptors (Lipinski definition) is 13. The summed E-state index contributed by atoms with van der Waals surface area (Å²) in [4.78, 5) is 81.3. The number of aromatic nitrogens is 2. The van der Waals surface area contributed by atoms with Gasteiger partial charge in [0.1, 0.15) is 55.4 Å². The maximum atomic E-state index is 14.8. The molecule has 0 aliphatic carbocycles. The zero-order chi connectivity index (χ0) is 50.0. The summed E-state index contributed by atoms with van der Waals surface area (Å²) >= 11 is 0. The van der Waals surface area contributed by atoms with Crippen molar-refractivity contribution in [1.29, 1.82) is 5.26 Å². The highest BCUT2D eigenvalue weighted by Gasteiger charge is 2.36. The van der Waals surface area contributed by atoms with E-state index in [4.69, 9.17) is 36.6 Å². The van der Waals surface area contributed by atoms with Crippen molar-refractivity contribution in [2.45, 2.75) is 103 Å². The van der Waals surface area contributed by atoms with Gasteiger partial charge in [-0.1, -0.05) is 69.0 Å². The molecule has 5 amide bonds. The molecule has 18 heteroatoms. The van der Waals surface area contributed by atoms with Crippen LogP contribution in [0.25, 0.3) is 22.5 Å². The molecule has 5 rings (SSSR count). The van der Waals surface area contributed by atoms with Gasteiger partial charge in [-0.15, -0.1) is 0 Å². The van der Waals surface area contributed by atoms with Crippen molar-refractivity contribution in [3.63, 3.8) is 0 Å². The number of carbonyl (C=O) groups excluding carboxylic acids is 5. The Kier molecular flexibility index (Phi) is 20.0. The number of nitrogens with two attached hydrogens (primary N) is 3. The number of nitriles is 1. The SMILES string of the molecule is CCCCCCCc1ccc(-c2nc(C)c(C(=O)NC(CCN)C(=O)N(C)C3C(=O)NC(C)C(=O)NC(C(=O)NCC#N)Cc4ccc(OCCN)c(c4)-c4cc3ccc4OCCN)c(C)n2)cc1. The molecule has 1 aromatic heterocycles. The molecule has 0 saturated carbocycles. The molecular weight excluding hydrogens is 879 g/mol. The zero-order valence-corrected chi connectivity index (χ0v) is 40.4. The lowest BCUT2D eigenvalue weighted by molar-refractivity contribution is -0.141. The number of hydrogen-bond donors (Lipinski definition) is 7. The fourth-order valence-corrected chi connectivity index (χ4v) is 8.29. The number of likely N-dealkylation sites (N-methyl/N-ethyl adjacent to an activating group) is 1.